The summed E-state index contributed by atoms with van der Waals surface area (Å²) in [5.74, 6) is -0.602. The second-order valence-corrected chi connectivity index (χ2v) is 6.87. The molecule has 0 aliphatic carbocycles. The van der Waals surface area contributed by atoms with E-state index in [9.17, 15) is 19.8 Å². The van der Waals surface area contributed by atoms with Gasteiger partial charge in [-0.05, 0) is 40.9 Å². The number of nitrogens with zero attached hydrogens (tertiary/aromatic N) is 2. The van der Waals surface area contributed by atoms with Crippen LogP contribution in [0.4, 0.5) is 11.5 Å². The second-order valence-electron chi connectivity index (χ2n) is 6.02. The molecule has 2 atom stereocenters. The molecule has 144 valence electrons. The Labute approximate surface area is 162 Å². The summed E-state index contributed by atoms with van der Waals surface area (Å²) in [6.45, 7) is 1.47. The average Bonchev–Trinajstić information content (AvgIpc) is 3.07. The lowest BCUT2D eigenvalue weighted by molar-refractivity contribution is -0.145. The van der Waals surface area contributed by atoms with Gasteiger partial charge in [0.25, 0.3) is 0 Å². The number of aromatic nitrogens is 2. The summed E-state index contributed by atoms with van der Waals surface area (Å²) in [6.07, 6.45) is 1.95. The Morgan fingerprint density at radius 3 is 2.78 bits per heavy atom. The number of esters is 1. The minimum Gasteiger partial charge on any atom is -0.506 e. The molecular formula is C17H18BrN3O6. The van der Waals surface area contributed by atoms with E-state index < -0.39 is 11.9 Å². The zero-order chi connectivity index (χ0) is 19.6. The van der Waals surface area contributed by atoms with Crippen LogP contribution < -0.4 is 11.0 Å². The molecule has 0 amide bonds. The van der Waals surface area contributed by atoms with Crippen LogP contribution in [0.1, 0.15) is 26.0 Å². The van der Waals surface area contributed by atoms with Crippen molar-refractivity contribution in [2.24, 2.45) is 0 Å². The van der Waals surface area contributed by atoms with Crippen LogP contribution in [0, 0.1) is 0 Å². The third-order valence-electron chi connectivity index (χ3n) is 4.04. The van der Waals surface area contributed by atoms with Gasteiger partial charge in [0.05, 0.1) is 10.6 Å². The van der Waals surface area contributed by atoms with Gasteiger partial charge in [-0.25, -0.2) is 4.79 Å². The van der Waals surface area contributed by atoms with Crippen molar-refractivity contribution in [3.63, 3.8) is 0 Å². The third kappa shape index (κ3) is 4.40. The molecule has 1 aliphatic rings. The Morgan fingerprint density at radius 2 is 2.11 bits per heavy atom. The predicted molar refractivity (Wildman–Crippen MR) is 99.0 cm³/mol. The first-order valence-corrected chi connectivity index (χ1v) is 9.00. The number of phenols is 2. The van der Waals surface area contributed by atoms with Gasteiger partial charge in [-0.1, -0.05) is 6.07 Å². The number of hydrogen-bond acceptors (Lipinski definition) is 8. The highest BCUT2D eigenvalue weighted by Crippen LogP contribution is 2.36. The number of ether oxygens (including phenoxy) is 2. The van der Waals surface area contributed by atoms with E-state index in [1.165, 1.54) is 35.9 Å². The summed E-state index contributed by atoms with van der Waals surface area (Å²) in [5, 5.41) is 22.4. The summed E-state index contributed by atoms with van der Waals surface area (Å²) >= 11 is 3.33. The maximum Gasteiger partial charge on any atom is 0.351 e. The fraction of sp³-hybridized carbons (Fsp3) is 0.353. The van der Waals surface area contributed by atoms with Crippen LogP contribution in [0.5, 0.6) is 11.5 Å². The van der Waals surface area contributed by atoms with E-state index in [0.29, 0.717) is 17.3 Å². The molecule has 3 rings (SSSR count). The van der Waals surface area contributed by atoms with E-state index in [1.54, 1.807) is 0 Å². The quantitative estimate of drug-likeness (QED) is 0.479. The van der Waals surface area contributed by atoms with E-state index in [4.69, 9.17) is 9.47 Å². The van der Waals surface area contributed by atoms with Crippen molar-refractivity contribution in [2.75, 3.05) is 11.9 Å². The summed E-state index contributed by atoms with van der Waals surface area (Å²) in [4.78, 5) is 27.3. The summed E-state index contributed by atoms with van der Waals surface area (Å²) in [6, 6.07) is 4.28. The van der Waals surface area contributed by atoms with E-state index in [0.717, 1.165) is 0 Å². The van der Waals surface area contributed by atoms with Crippen molar-refractivity contribution in [3.8, 4) is 11.5 Å². The third-order valence-corrected chi connectivity index (χ3v) is 4.62. The smallest absolute Gasteiger partial charge is 0.351 e. The number of hydrogen-bond donors (Lipinski definition) is 3. The molecule has 9 nitrogen and oxygen atoms in total. The maximum atomic E-state index is 12.4. The molecule has 2 heterocycles. The lowest BCUT2D eigenvalue weighted by atomic mass is 10.2. The van der Waals surface area contributed by atoms with Gasteiger partial charge in [0.1, 0.15) is 30.0 Å². The largest absolute Gasteiger partial charge is 0.506 e. The summed E-state index contributed by atoms with van der Waals surface area (Å²) in [5.41, 5.74) is -0.518. The molecule has 27 heavy (non-hydrogen) atoms. The van der Waals surface area contributed by atoms with Crippen molar-refractivity contribution in [3.05, 3.63) is 39.4 Å². The number of carbonyl (C=O) groups excluding carboxylic acids is 1. The van der Waals surface area contributed by atoms with Gasteiger partial charge in [-0.3, -0.25) is 9.36 Å². The number of para-hydroxylation sites is 1. The van der Waals surface area contributed by atoms with Crippen LogP contribution in [-0.2, 0) is 14.3 Å². The molecule has 1 aromatic carbocycles. The first kappa shape index (κ1) is 19.2. The zero-order valence-corrected chi connectivity index (χ0v) is 16.0. The van der Waals surface area contributed by atoms with E-state index in [2.05, 4.69) is 26.2 Å². The number of phenolic OH excluding ortho intramolecular Hbond substituents is 2. The molecule has 0 bridgehead atoms. The highest BCUT2D eigenvalue weighted by atomic mass is 79.9. The van der Waals surface area contributed by atoms with Crippen LogP contribution in [0.15, 0.2) is 33.7 Å². The van der Waals surface area contributed by atoms with Crippen LogP contribution in [-0.4, -0.2) is 38.4 Å². The van der Waals surface area contributed by atoms with Crippen molar-refractivity contribution >= 4 is 33.4 Å². The first-order valence-electron chi connectivity index (χ1n) is 8.20. The van der Waals surface area contributed by atoms with Gasteiger partial charge in [0.15, 0.2) is 5.82 Å². The van der Waals surface area contributed by atoms with E-state index in [-0.39, 0.29) is 41.7 Å². The Kier molecular flexibility index (Phi) is 5.66. The van der Waals surface area contributed by atoms with Gasteiger partial charge in [0, 0.05) is 13.1 Å². The zero-order valence-electron chi connectivity index (χ0n) is 14.4. The van der Waals surface area contributed by atoms with Crippen LogP contribution in [0.3, 0.4) is 0 Å². The number of nitrogens with one attached hydrogen (secondary N) is 1. The number of aromatic hydroxyl groups is 2. The van der Waals surface area contributed by atoms with Gasteiger partial charge >= 0.3 is 11.7 Å². The summed E-state index contributed by atoms with van der Waals surface area (Å²) < 4.78 is 12.5. The Hall–Kier alpha value is -2.59. The number of halogens is 1. The highest BCUT2D eigenvalue weighted by Gasteiger charge is 2.28. The van der Waals surface area contributed by atoms with E-state index in [1.807, 2.05) is 0 Å². The molecule has 1 saturated heterocycles. The SMILES string of the molecule is CC(=O)OC[C@@H]1CC[C@H](n2cc(Br)c(Nc3c(O)cccc3O)nc2=O)O1. The molecule has 1 aliphatic heterocycles. The topological polar surface area (TPSA) is 123 Å². The number of anilines is 2. The van der Waals surface area contributed by atoms with Gasteiger partial charge < -0.3 is 25.0 Å². The van der Waals surface area contributed by atoms with Gasteiger partial charge in [-0.15, -0.1) is 0 Å². The standard InChI is InChI=1S/C17H18BrN3O6/c1-9(22)26-8-10-5-6-14(27-10)21-7-11(18)16(20-17(21)25)19-15-12(23)3-2-4-13(15)24/h2-4,7,10,14,23-24H,5-6,8H2,1H3,(H,19,20,25)/t10-,14+/m0/s1. The predicted octanol–water partition coefficient (Wildman–Crippen LogP) is 2.40. The monoisotopic (exact) mass is 439 g/mol. The molecule has 1 aromatic heterocycles. The molecule has 1 fully saturated rings. The molecule has 10 heteroatoms. The average molecular weight is 440 g/mol. The Balaban J connectivity index is 1.78. The van der Waals surface area contributed by atoms with Crippen LogP contribution >= 0.6 is 15.9 Å². The molecule has 0 radical (unpaired) electrons. The van der Waals surface area contributed by atoms with Crippen LogP contribution in [0.2, 0.25) is 0 Å². The van der Waals surface area contributed by atoms with Crippen molar-refractivity contribution < 1.29 is 24.5 Å². The Morgan fingerprint density at radius 1 is 1.41 bits per heavy atom. The fourth-order valence-electron chi connectivity index (χ4n) is 2.74. The minimum absolute atomic E-state index is 0.0430. The first-order chi connectivity index (χ1) is 12.8. The Bertz CT molecular complexity index is 896. The molecule has 2 aromatic rings. The fourth-order valence-corrected chi connectivity index (χ4v) is 3.15. The number of rotatable bonds is 5. The molecule has 0 spiro atoms. The van der Waals surface area contributed by atoms with Crippen molar-refractivity contribution in [1.29, 1.82) is 0 Å². The lowest BCUT2D eigenvalue weighted by Gasteiger charge is -2.17. The maximum absolute atomic E-state index is 12.4. The number of carbonyl (C=O) groups is 1. The molecule has 0 unspecified atom stereocenters. The van der Waals surface area contributed by atoms with Crippen molar-refractivity contribution in [2.45, 2.75) is 32.1 Å². The molecule has 0 saturated carbocycles. The van der Waals surface area contributed by atoms with Crippen molar-refractivity contribution in [1.82, 2.24) is 9.55 Å². The van der Waals surface area contributed by atoms with E-state index >= 15 is 0 Å². The lowest BCUT2D eigenvalue weighted by Crippen LogP contribution is -2.28. The van der Waals surface area contributed by atoms with Gasteiger partial charge in [-0.2, -0.15) is 4.98 Å². The van der Waals surface area contributed by atoms with Crippen LogP contribution in [0.25, 0.3) is 0 Å². The number of benzene rings is 1. The highest BCUT2D eigenvalue weighted by molar-refractivity contribution is 9.10. The molecular weight excluding hydrogens is 422 g/mol. The minimum atomic E-state index is -0.561. The second kappa shape index (κ2) is 7.97. The normalized spacial score (nSPS) is 19.0. The van der Waals surface area contributed by atoms with Gasteiger partial charge in [0.2, 0.25) is 0 Å². The molecule has 3 N–H and O–H groups in total. The summed E-state index contributed by atoms with van der Waals surface area (Å²) in [7, 11) is 0.